The minimum atomic E-state index is -1.09. The average molecular weight is 378 g/mol. The maximum absolute atomic E-state index is 13.0. The first kappa shape index (κ1) is 20.3. The van der Waals surface area contributed by atoms with Crippen LogP contribution in [0.5, 0.6) is 0 Å². The van der Waals surface area contributed by atoms with Crippen molar-refractivity contribution < 1.29 is 29.7 Å². The maximum atomic E-state index is 13.0. The van der Waals surface area contributed by atoms with Crippen LogP contribution in [0.3, 0.4) is 0 Å². The first-order valence-corrected chi connectivity index (χ1v) is 8.30. The van der Waals surface area contributed by atoms with Crippen LogP contribution in [0.25, 0.3) is 11.0 Å². The van der Waals surface area contributed by atoms with Crippen LogP contribution >= 0.6 is 0 Å². The number of aryl methyl sites for hydroxylation is 3. The number of carbonyl (C=O) groups excluding carboxylic acids is 1. The number of aliphatic hydroxyl groups excluding tert-OH is 1. The van der Waals surface area contributed by atoms with Gasteiger partial charge in [-0.15, -0.1) is 0 Å². The maximum Gasteiger partial charge on any atom is 0.310 e. The minimum Gasteiger partial charge on any atom is -0.483 e. The van der Waals surface area contributed by atoms with Crippen LogP contribution in [0.4, 0.5) is 0 Å². The first-order chi connectivity index (χ1) is 12.7. The molecule has 0 aliphatic carbocycles. The Hall–Kier alpha value is -3.01. The molecule has 0 aromatic carbocycles. The van der Waals surface area contributed by atoms with E-state index in [1.54, 1.807) is 24.7 Å². The van der Waals surface area contributed by atoms with E-state index >= 15 is 0 Å². The van der Waals surface area contributed by atoms with E-state index in [0.717, 1.165) is 0 Å². The summed E-state index contributed by atoms with van der Waals surface area (Å²) in [6.45, 7) is 3.69. The van der Waals surface area contributed by atoms with Crippen LogP contribution in [0, 0.1) is 19.8 Å². The summed E-state index contributed by atoms with van der Waals surface area (Å²) in [7, 11) is 1.77. The lowest BCUT2D eigenvalue weighted by molar-refractivity contribution is -0.148. The predicted molar refractivity (Wildman–Crippen MR) is 94.3 cm³/mol. The van der Waals surface area contributed by atoms with Gasteiger partial charge in [0.05, 0.1) is 22.7 Å². The van der Waals surface area contributed by atoms with Crippen molar-refractivity contribution in [1.29, 1.82) is 0 Å². The number of amides is 1. The molecule has 2 aromatic heterocycles. The van der Waals surface area contributed by atoms with Crippen LogP contribution in [0.15, 0.2) is 6.07 Å². The third kappa shape index (κ3) is 4.05. The lowest BCUT2D eigenvalue weighted by Crippen LogP contribution is -2.48. The van der Waals surface area contributed by atoms with E-state index in [2.05, 4.69) is 10.1 Å². The molecule has 3 heterocycles. The number of aromatic nitrogens is 3. The molecule has 1 amide bonds. The van der Waals surface area contributed by atoms with Crippen molar-refractivity contribution in [2.45, 2.75) is 26.4 Å². The molecular weight excluding hydrogens is 356 g/mol. The monoisotopic (exact) mass is 378 g/mol. The highest BCUT2D eigenvalue weighted by Gasteiger charge is 2.36. The van der Waals surface area contributed by atoms with Crippen LogP contribution < -0.4 is 0 Å². The number of nitrogens with zero attached hydrogens (tertiary/aromatic N) is 4. The zero-order chi connectivity index (χ0) is 20.3. The quantitative estimate of drug-likeness (QED) is 0.628. The molecule has 3 N–H and O–H groups in total. The standard InChI is InChI=1S/C16H20N4O4.CH2O2/c1-8-6-10(13-9(2)18-19(3)14(13)17-8)15(22)20-5-4-12(21)11(7-20)16(23)24;2-1-3/h6,11-12,21H,4-5,7H2,1-3H3,(H,23,24);1H,(H,2,3)/t11-,12-;/m1./s1. The average Bonchev–Trinajstić information content (AvgIpc) is 2.88. The fourth-order valence-corrected chi connectivity index (χ4v) is 3.28. The second-order valence-electron chi connectivity index (χ2n) is 6.38. The molecule has 1 aliphatic heterocycles. The van der Waals surface area contributed by atoms with E-state index in [4.69, 9.17) is 9.90 Å². The van der Waals surface area contributed by atoms with Crippen molar-refractivity contribution in [3.63, 3.8) is 0 Å². The molecule has 1 fully saturated rings. The summed E-state index contributed by atoms with van der Waals surface area (Å²) < 4.78 is 1.63. The van der Waals surface area contributed by atoms with Crippen molar-refractivity contribution >= 4 is 29.4 Å². The highest BCUT2D eigenvalue weighted by molar-refractivity contribution is 6.06. The summed E-state index contributed by atoms with van der Waals surface area (Å²) in [6.07, 6.45) is -0.673. The summed E-state index contributed by atoms with van der Waals surface area (Å²) >= 11 is 0. The van der Waals surface area contributed by atoms with Gasteiger partial charge in [-0.3, -0.25) is 19.1 Å². The number of rotatable bonds is 2. The Kier molecular flexibility index (Phi) is 6.11. The van der Waals surface area contributed by atoms with E-state index in [1.165, 1.54) is 4.90 Å². The largest absolute Gasteiger partial charge is 0.483 e. The Bertz CT molecular complexity index is 878. The number of pyridine rings is 1. The summed E-state index contributed by atoms with van der Waals surface area (Å²) in [5.74, 6) is -2.30. The molecule has 0 radical (unpaired) electrons. The zero-order valence-corrected chi connectivity index (χ0v) is 15.3. The minimum absolute atomic E-state index is 0.00247. The lowest BCUT2D eigenvalue weighted by Gasteiger charge is -2.34. The third-order valence-electron chi connectivity index (χ3n) is 4.51. The van der Waals surface area contributed by atoms with Crippen LogP contribution in [0.2, 0.25) is 0 Å². The van der Waals surface area contributed by atoms with Crippen molar-refractivity contribution in [2.75, 3.05) is 13.1 Å². The highest BCUT2D eigenvalue weighted by atomic mass is 16.4. The SMILES string of the molecule is Cc1cc(C(=O)N2CC[C@@H](O)[C@H](C(=O)O)C2)c2c(C)nn(C)c2n1.O=CO. The number of hydrogen-bond acceptors (Lipinski definition) is 6. The smallest absolute Gasteiger partial charge is 0.310 e. The van der Waals surface area contributed by atoms with E-state index in [1.807, 2.05) is 6.92 Å². The highest BCUT2D eigenvalue weighted by Crippen LogP contribution is 2.25. The van der Waals surface area contributed by atoms with E-state index in [9.17, 15) is 19.8 Å². The molecule has 3 rings (SSSR count). The van der Waals surface area contributed by atoms with Crippen LogP contribution in [0.1, 0.15) is 28.2 Å². The van der Waals surface area contributed by atoms with E-state index < -0.39 is 18.0 Å². The van der Waals surface area contributed by atoms with Gasteiger partial charge in [0.25, 0.3) is 12.4 Å². The number of aliphatic carboxylic acids is 1. The molecule has 10 nitrogen and oxygen atoms in total. The molecule has 27 heavy (non-hydrogen) atoms. The van der Waals surface area contributed by atoms with Gasteiger partial charge < -0.3 is 20.2 Å². The Morgan fingerprint density at radius 1 is 1.33 bits per heavy atom. The zero-order valence-electron chi connectivity index (χ0n) is 15.3. The van der Waals surface area contributed by atoms with Crippen molar-refractivity contribution in [3.8, 4) is 0 Å². The van der Waals surface area contributed by atoms with Gasteiger partial charge in [-0.2, -0.15) is 5.10 Å². The summed E-state index contributed by atoms with van der Waals surface area (Å²) in [4.78, 5) is 38.5. The van der Waals surface area contributed by atoms with E-state index in [-0.39, 0.29) is 25.3 Å². The second kappa shape index (κ2) is 8.12. The summed E-state index contributed by atoms with van der Waals surface area (Å²) in [6, 6.07) is 1.71. The van der Waals surface area contributed by atoms with Crippen molar-refractivity contribution in [1.82, 2.24) is 19.7 Å². The van der Waals surface area contributed by atoms with Gasteiger partial charge in [0.1, 0.15) is 5.92 Å². The number of hydrogen-bond donors (Lipinski definition) is 3. The summed E-state index contributed by atoms with van der Waals surface area (Å²) in [5.41, 5.74) is 2.50. The molecule has 0 spiro atoms. The fraction of sp³-hybridized carbons (Fsp3) is 0.471. The number of carboxylic acids is 1. The molecule has 1 saturated heterocycles. The number of likely N-dealkylation sites (tertiary alicyclic amines) is 1. The lowest BCUT2D eigenvalue weighted by atomic mass is 9.94. The van der Waals surface area contributed by atoms with Crippen molar-refractivity contribution in [3.05, 3.63) is 23.0 Å². The topological polar surface area (TPSA) is 146 Å². The number of piperidine rings is 1. The van der Waals surface area contributed by atoms with Gasteiger partial charge in [-0.1, -0.05) is 0 Å². The van der Waals surface area contributed by atoms with Gasteiger partial charge in [0.2, 0.25) is 0 Å². The first-order valence-electron chi connectivity index (χ1n) is 8.30. The molecule has 0 bridgehead atoms. The van der Waals surface area contributed by atoms with Gasteiger partial charge in [-0.05, 0) is 26.3 Å². The Morgan fingerprint density at radius 3 is 2.56 bits per heavy atom. The molecule has 10 heteroatoms. The van der Waals surface area contributed by atoms with Gasteiger partial charge >= 0.3 is 5.97 Å². The number of carbonyl (C=O) groups is 3. The van der Waals surface area contributed by atoms with Crippen LogP contribution in [-0.4, -0.2) is 72.5 Å². The van der Waals surface area contributed by atoms with Gasteiger partial charge in [0.15, 0.2) is 5.65 Å². The molecule has 0 saturated carbocycles. The second-order valence-corrected chi connectivity index (χ2v) is 6.38. The van der Waals surface area contributed by atoms with Gasteiger partial charge in [-0.25, -0.2) is 4.98 Å². The summed E-state index contributed by atoms with van der Waals surface area (Å²) in [5, 5.41) is 31.0. The molecule has 1 aliphatic rings. The Morgan fingerprint density at radius 2 is 1.96 bits per heavy atom. The number of fused-ring (bicyclic) bond motifs is 1. The molecule has 2 atom stereocenters. The number of carboxylic acid groups (broad SMARTS) is 2. The molecule has 146 valence electrons. The molecular formula is C17H22N4O6. The van der Waals surface area contributed by atoms with Gasteiger partial charge in [0, 0.05) is 25.8 Å². The van der Waals surface area contributed by atoms with E-state index in [0.29, 0.717) is 34.5 Å². The molecule has 2 aromatic rings. The van der Waals surface area contributed by atoms with Crippen molar-refractivity contribution in [2.24, 2.45) is 13.0 Å². The predicted octanol–water partition coefficient (Wildman–Crippen LogP) is 0.194. The Labute approximate surface area is 155 Å². The fourth-order valence-electron chi connectivity index (χ4n) is 3.28. The number of aliphatic hydroxyl groups is 1. The normalized spacial score (nSPS) is 19.3. The van der Waals surface area contributed by atoms with Crippen LogP contribution in [-0.2, 0) is 16.6 Å². The molecule has 0 unspecified atom stereocenters. The Balaban J connectivity index is 0.000000817. The third-order valence-corrected chi connectivity index (χ3v) is 4.51.